The number of amides is 2. The molecule has 0 aromatic heterocycles. The molecule has 0 bridgehead atoms. The Labute approximate surface area is 174 Å². The average Bonchev–Trinajstić information content (AvgIpc) is 2.71. The van der Waals surface area contributed by atoms with Gasteiger partial charge in [-0.1, -0.05) is 0 Å². The number of hydrogen-bond acceptors (Lipinski definition) is 5. The van der Waals surface area contributed by atoms with Crippen molar-refractivity contribution < 1.29 is 27.1 Å². The zero-order valence-corrected chi connectivity index (χ0v) is 17.2. The Balaban J connectivity index is 1.71. The normalized spacial score (nSPS) is 12.2. The minimum Gasteiger partial charge on any atom is -0.494 e. The predicted molar refractivity (Wildman–Crippen MR) is 109 cm³/mol. The minimum atomic E-state index is -3.93. The molecular weight excluding hydrogens is 413 g/mol. The maximum Gasteiger partial charge on any atom is 0.248 e. The molecule has 1 atom stereocenters. The molecule has 0 aliphatic heterocycles. The van der Waals surface area contributed by atoms with Crippen LogP contribution in [0.15, 0.2) is 53.4 Å². The van der Waals surface area contributed by atoms with Crippen molar-refractivity contribution in [2.75, 3.05) is 13.2 Å². The summed E-state index contributed by atoms with van der Waals surface area (Å²) in [4.78, 5) is 23.1. The Morgan fingerprint density at radius 2 is 1.70 bits per heavy atom. The van der Waals surface area contributed by atoms with Gasteiger partial charge in [-0.25, -0.2) is 12.8 Å². The summed E-state index contributed by atoms with van der Waals surface area (Å²) in [5.41, 5.74) is 5.31. The monoisotopic (exact) mass is 437 g/mol. The van der Waals surface area contributed by atoms with E-state index in [0.29, 0.717) is 31.7 Å². The number of nitrogens with one attached hydrogen (secondary N) is 2. The molecule has 8 nitrogen and oxygen atoms in total. The molecule has 0 unspecified atom stereocenters. The van der Waals surface area contributed by atoms with Gasteiger partial charge in [0, 0.05) is 12.1 Å². The lowest BCUT2D eigenvalue weighted by Gasteiger charge is -2.14. The van der Waals surface area contributed by atoms with Crippen LogP contribution in [0.1, 0.15) is 30.1 Å². The first-order chi connectivity index (χ1) is 14.2. The van der Waals surface area contributed by atoms with Crippen molar-refractivity contribution in [3.05, 3.63) is 59.9 Å². The standard InChI is InChI=1S/C20H24FN3O5S/c1-14(24-30(27,28)18-10-4-15(5-11-18)19(22)25)20(26)23-12-2-3-13-29-17-8-6-16(21)7-9-17/h4-11,14,24H,2-3,12-13H2,1H3,(H2,22,25)(H,23,26)/t14-/m1/s1. The molecular formula is C20H24FN3O5S. The third kappa shape index (κ3) is 7.12. The topological polar surface area (TPSA) is 128 Å². The number of halogens is 1. The zero-order valence-electron chi connectivity index (χ0n) is 16.4. The number of unbranched alkanes of at least 4 members (excludes halogenated alkanes) is 1. The van der Waals surface area contributed by atoms with Crippen LogP contribution in [-0.4, -0.2) is 39.4 Å². The second kappa shape index (κ2) is 10.7. The van der Waals surface area contributed by atoms with E-state index >= 15 is 0 Å². The van der Waals surface area contributed by atoms with Crippen LogP contribution < -0.4 is 20.5 Å². The summed E-state index contributed by atoms with van der Waals surface area (Å²) in [6.07, 6.45) is 1.28. The number of sulfonamides is 1. The average molecular weight is 437 g/mol. The second-order valence-corrected chi connectivity index (χ2v) is 8.25. The Bertz CT molecular complexity index is 963. The van der Waals surface area contributed by atoms with E-state index in [1.54, 1.807) is 0 Å². The van der Waals surface area contributed by atoms with Crippen LogP contribution in [-0.2, 0) is 14.8 Å². The summed E-state index contributed by atoms with van der Waals surface area (Å²) in [7, 11) is -3.93. The highest BCUT2D eigenvalue weighted by Gasteiger charge is 2.22. The van der Waals surface area contributed by atoms with Crippen LogP contribution >= 0.6 is 0 Å². The number of primary amides is 1. The fourth-order valence-corrected chi connectivity index (χ4v) is 3.67. The molecule has 0 aliphatic carbocycles. The molecule has 2 amide bonds. The molecule has 0 fully saturated rings. The van der Waals surface area contributed by atoms with Crippen LogP contribution in [0.4, 0.5) is 4.39 Å². The summed E-state index contributed by atoms with van der Waals surface area (Å²) in [6.45, 7) is 2.19. The third-order valence-electron chi connectivity index (χ3n) is 4.13. The van der Waals surface area contributed by atoms with Crippen LogP contribution in [0, 0.1) is 5.82 Å². The van der Waals surface area contributed by atoms with Gasteiger partial charge >= 0.3 is 0 Å². The van der Waals surface area contributed by atoms with E-state index in [0.717, 1.165) is 0 Å². The molecule has 10 heteroatoms. The molecule has 0 radical (unpaired) electrons. The molecule has 0 saturated carbocycles. The molecule has 2 rings (SSSR count). The largest absolute Gasteiger partial charge is 0.494 e. The fraction of sp³-hybridized carbons (Fsp3) is 0.300. The minimum absolute atomic E-state index is 0.0786. The SMILES string of the molecule is C[C@@H](NS(=O)(=O)c1ccc(C(N)=O)cc1)C(=O)NCCCCOc1ccc(F)cc1. The van der Waals surface area contributed by atoms with Gasteiger partial charge in [0.1, 0.15) is 11.6 Å². The predicted octanol–water partition coefficient (Wildman–Crippen LogP) is 1.57. The van der Waals surface area contributed by atoms with Crippen molar-refractivity contribution in [3.63, 3.8) is 0 Å². The molecule has 2 aromatic rings. The molecule has 4 N–H and O–H groups in total. The maximum atomic E-state index is 12.8. The summed E-state index contributed by atoms with van der Waals surface area (Å²) in [5.74, 6) is -0.903. The van der Waals surface area contributed by atoms with E-state index in [2.05, 4.69) is 10.0 Å². The van der Waals surface area contributed by atoms with Gasteiger partial charge in [0.15, 0.2) is 0 Å². The van der Waals surface area contributed by atoms with E-state index in [4.69, 9.17) is 10.5 Å². The van der Waals surface area contributed by atoms with Gasteiger partial charge < -0.3 is 15.8 Å². The summed E-state index contributed by atoms with van der Waals surface area (Å²) >= 11 is 0. The van der Waals surface area contributed by atoms with Gasteiger partial charge in [0.25, 0.3) is 0 Å². The van der Waals surface area contributed by atoms with Crippen LogP contribution in [0.3, 0.4) is 0 Å². The number of rotatable bonds is 11. The van der Waals surface area contributed by atoms with Crippen molar-refractivity contribution in [1.82, 2.24) is 10.0 Å². The number of nitrogens with two attached hydrogens (primary N) is 1. The number of ether oxygens (including phenoxy) is 1. The van der Waals surface area contributed by atoms with Gasteiger partial charge in [0.2, 0.25) is 21.8 Å². The summed E-state index contributed by atoms with van der Waals surface area (Å²) in [6, 6.07) is 9.79. The van der Waals surface area contributed by atoms with E-state index in [-0.39, 0.29) is 16.3 Å². The highest BCUT2D eigenvalue weighted by atomic mass is 32.2. The van der Waals surface area contributed by atoms with E-state index < -0.39 is 27.9 Å². The van der Waals surface area contributed by atoms with Gasteiger partial charge in [-0.3, -0.25) is 9.59 Å². The Hall–Kier alpha value is -2.98. The van der Waals surface area contributed by atoms with Crippen LogP contribution in [0.5, 0.6) is 5.75 Å². The van der Waals surface area contributed by atoms with Crippen molar-refractivity contribution >= 4 is 21.8 Å². The summed E-state index contributed by atoms with van der Waals surface area (Å²) in [5, 5.41) is 2.65. The lowest BCUT2D eigenvalue weighted by Crippen LogP contribution is -2.45. The van der Waals surface area contributed by atoms with Gasteiger partial charge in [-0.2, -0.15) is 4.72 Å². The van der Waals surface area contributed by atoms with Crippen LogP contribution in [0.25, 0.3) is 0 Å². The van der Waals surface area contributed by atoms with Gasteiger partial charge in [0.05, 0.1) is 17.5 Å². The first kappa shape index (κ1) is 23.3. The second-order valence-electron chi connectivity index (χ2n) is 6.53. The molecule has 0 saturated heterocycles. The van der Waals surface area contributed by atoms with Gasteiger partial charge in [-0.15, -0.1) is 0 Å². The van der Waals surface area contributed by atoms with E-state index in [9.17, 15) is 22.4 Å². The molecule has 162 valence electrons. The molecule has 30 heavy (non-hydrogen) atoms. The molecule has 2 aromatic carbocycles. The number of hydrogen-bond donors (Lipinski definition) is 3. The quantitative estimate of drug-likeness (QED) is 0.460. The summed E-state index contributed by atoms with van der Waals surface area (Å²) < 4.78 is 45.3. The van der Waals surface area contributed by atoms with Crippen LogP contribution in [0.2, 0.25) is 0 Å². The third-order valence-corrected chi connectivity index (χ3v) is 5.68. The first-order valence-corrected chi connectivity index (χ1v) is 10.8. The zero-order chi connectivity index (χ0) is 22.1. The van der Waals surface area contributed by atoms with Crippen molar-refractivity contribution in [1.29, 1.82) is 0 Å². The Kier molecular flexibility index (Phi) is 8.31. The number of carbonyl (C=O) groups is 2. The van der Waals surface area contributed by atoms with E-state index in [1.165, 1.54) is 55.5 Å². The molecule has 0 heterocycles. The molecule has 0 aliphatic rings. The Morgan fingerprint density at radius 3 is 2.30 bits per heavy atom. The van der Waals surface area contributed by atoms with Crippen molar-refractivity contribution in [3.8, 4) is 5.75 Å². The number of benzene rings is 2. The fourth-order valence-electron chi connectivity index (χ4n) is 2.47. The van der Waals surface area contributed by atoms with Gasteiger partial charge in [-0.05, 0) is 68.3 Å². The first-order valence-electron chi connectivity index (χ1n) is 9.27. The smallest absolute Gasteiger partial charge is 0.248 e. The highest BCUT2D eigenvalue weighted by molar-refractivity contribution is 7.89. The maximum absolute atomic E-state index is 12.8. The highest BCUT2D eigenvalue weighted by Crippen LogP contribution is 2.12. The van der Waals surface area contributed by atoms with Crippen molar-refractivity contribution in [2.45, 2.75) is 30.7 Å². The van der Waals surface area contributed by atoms with E-state index in [1.807, 2.05) is 0 Å². The lowest BCUT2D eigenvalue weighted by molar-refractivity contribution is -0.122. The molecule has 0 spiro atoms. The lowest BCUT2D eigenvalue weighted by atomic mass is 10.2. The Morgan fingerprint density at radius 1 is 1.07 bits per heavy atom. The number of carbonyl (C=O) groups excluding carboxylic acids is 2. The van der Waals surface area contributed by atoms with Crippen molar-refractivity contribution in [2.24, 2.45) is 5.73 Å².